The zero-order valence-corrected chi connectivity index (χ0v) is 16.6. The Morgan fingerprint density at radius 1 is 1.26 bits per heavy atom. The Balaban J connectivity index is 1.73. The number of nitrogens with one attached hydrogen (secondary N) is 1. The molecule has 1 N–H and O–H groups in total. The number of esters is 1. The molecule has 2 rings (SSSR count). The summed E-state index contributed by atoms with van der Waals surface area (Å²) >= 11 is 7.09. The minimum Gasteiger partial charge on any atom is -0.459 e. The van der Waals surface area contributed by atoms with E-state index in [2.05, 4.69) is 10.3 Å². The van der Waals surface area contributed by atoms with Gasteiger partial charge in [-0.15, -0.1) is 11.3 Å². The van der Waals surface area contributed by atoms with Crippen molar-refractivity contribution in [1.82, 2.24) is 10.3 Å². The third-order valence-electron chi connectivity index (χ3n) is 3.57. The molecule has 0 saturated carbocycles. The van der Waals surface area contributed by atoms with E-state index in [1.165, 1.54) is 18.3 Å². The molecule has 0 atom stereocenters. The summed E-state index contributed by atoms with van der Waals surface area (Å²) < 4.78 is 5.15. The molecule has 0 unspecified atom stereocenters. The zero-order chi connectivity index (χ0) is 19.8. The first kappa shape index (κ1) is 20.9. The number of hydrogen-bond acceptors (Lipinski definition) is 6. The first-order chi connectivity index (χ1) is 12.9. The van der Waals surface area contributed by atoms with Gasteiger partial charge in [0.2, 0.25) is 5.91 Å². The molecule has 1 aromatic heterocycles. The van der Waals surface area contributed by atoms with E-state index in [0.717, 1.165) is 0 Å². The lowest BCUT2D eigenvalue weighted by atomic mass is 10.2. The van der Waals surface area contributed by atoms with Crippen LogP contribution >= 0.6 is 22.9 Å². The highest BCUT2D eigenvalue weighted by molar-refractivity contribution is 7.14. The predicted molar refractivity (Wildman–Crippen MR) is 104 cm³/mol. The smallest absolute Gasteiger partial charge is 0.307 e. The Morgan fingerprint density at radius 2 is 1.96 bits per heavy atom. The number of ether oxygens (including phenoxy) is 1. The molecule has 0 bridgehead atoms. The van der Waals surface area contributed by atoms with Crippen LogP contribution < -0.4 is 10.2 Å². The van der Waals surface area contributed by atoms with Crippen molar-refractivity contribution in [3.8, 4) is 0 Å². The van der Waals surface area contributed by atoms with Gasteiger partial charge in [-0.05, 0) is 31.2 Å². The number of thiazole rings is 1. The number of rotatable bonds is 8. The van der Waals surface area contributed by atoms with E-state index in [-0.39, 0.29) is 31.4 Å². The molecule has 0 aliphatic carbocycles. The Hall–Kier alpha value is -2.45. The largest absolute Gasteiger partial charge is 0.459 e. The summed E-state index contributed by atoms with van der Waals surface area (Å²) in [5, 5.41) is 5.51. The van der Waals surface area contributed by atoms with Gasteiger partial charge in [0.1, 0.15) is 6.61 Å². The summed E-state index contributed by atoms with van der Waals surface area (Å²) in [6, 6.07) is 6.46. The van der Waals surface area contributed by atoms with E-state index in [9.17, 15) is 14.4 Å². The molecule has 0 aliphatic rings. The van der Waals surface area contributed by atoms with Crippen molar-refractivity contribution in [2.24, 2.45) is 0 Å². The summed E-state index contributed by atoms with van der Waals surface area (Å²) in [6.07, 6.45) is 0.0465. The molecule has 7 nitrogen and oxygen atoms in total. The van der Waals surface area contributed by atoms with Crippen molar-refractivity contribution in [3.05, 3.63) is 45.9 Å². The molecule has 1 aromatic carbocycles. The Labute approximate surface area is 166 Å². The SMILES string of the molecule is CCN(C(C)=O)c1nc(COC(=O)CCNC(=O)c2ccc(Cl)cc2)cs1. The van der Waals surface area contributed by atoms with E-state index in [4.69, 9.17) is 16.3 Å². The number of aromatic nitrogens is 1. The maximum Gasteiger partial charge on any atom is 0.307 e. The second kappa shape index (κ2) is 10.0. The normalized spacial score (nSPS) is 10.3. The number of hydrogen-bond donors (Lipinski definition) is 1. The lowest BCUT2D eigenvalue weighted by molar-refractivity contribution is -0.144. The van der Waals surface area contributed by atoms with Crippen LogP contribution in [0.1, 0.15) is 36.3 Å². The molecule has 0 spiro atoms. The van der Waals surface area contributed by atoms with Crippen LogP contribution in [0.4, 0.5) is 5.13 Å². The minimum absolute atomic E-state index is 0.0237. The predicted octanol–water partition coefficient (Wildman–Crippen LogP) is 3.03. The topological polar surface area (TPSA) is 88.6 Å². The van der Waals surface area contributed by atoms with Gasteiger partial charge in [-0.2, -0.15) is 0 Å². The summed E-state index contributed by atoms with van der Waals surface area (Å²) in [5.41, 5.74) is 1.04. The van der Waals surface area contributed by atoms with Gasteiger partial charge in [0.15, 0.2) is 5.13 Å². The van der Waals surface area contributed by atoms with Gasteiger partial charge in [0, 0.05) is 36.0 Å². The lowest BCUT2D eigenvalue weighted by Crippen LogP contribution is -2.27. The molecule has 27 heavy (non-hydrogen) atoms. The molecular formula is C18H20ClN3O4S. The summed E-state index contributed by atoms with van der Waals surface area (Å²) in [5.74, 6) is -0.820. The summed E-state index contributed by atoms with van der Waals surface area (Å²) in [4.78, 5) is 41.1. The molecule has 1 heterocycles. The van der Waals surface area contributed by atoms with E-state index in [1.807, 2.05) is 6.92 Å². The Kier molecular flexibility index (Phi) is 7.75. The van der Waals surface area contributed by atoms with Crippen LogP contribution in [0.3, 0.4) is 0 Å². The average molecular weight is 410 g/mol. The highest BCUT2D eigenvalue weighted by atomic mass is 35.5. The van der Waals surface area contributed by atoms with Crippen LogP contribution in [0, 0.1) is 0 Å². The maximum atomic E-state index is 11.9. The highest BCUT2D eigenvalue weighted by Gasteiger charge is 2.14. The van der Waals surface area contributed by atoms with Gasteiger partial charge in [-0.3, -0.25) is 19.3 Å². The van der Waals surface area contributed by atoms with Crippen molar-refractivity contribution in [1.29, 1.82) is 0 Å². The van der Waals surface area contributed by atoms with E-state index >= 15 is 0 Å². The van der Waals surface area contributed by atoms with Crippen molar-refractivity contribution in [2.45, 2.75) is 26.9 Å². The second-order valence-corrected chi connectivity index (χ2v) is 6.83. The molecule has 144 valence electrons. The van der Waals surface area contributed by atoms with Crippen LogP contribution in [0.15, 0.2) is 29.6 Å². The second-order valence-electron chi connectivity index (χ2n) is 5.56. The molecule has 2 aromatic rings. The molecule has 0 saturated heterocycles. The van der Waals surface area contributed by atoms with Gasteiger partial charge in [0.05, 0.1) is 12.1 Å². The van der Waals surface area contributed by atoms with Crippen LogP contribution in [0.5, 0.6) is 0 Å². The van der Waals surface area contributed by atoms with Gasteiger partial charge >= 0.3 is 5.97 Å². The number of nitrogens with zero attached hydrogens (tertiary/aromatic N) is 2. The average Bonchev–Trinajstić information content (AvgIpc) is 3.09. The Bertz CT molecular complexity index is 807. The first-order valence-corrected chi connectivity index (χ1v) is 9.58. The number of carbonyl (C=O) groups excluding carboxylic acids is 3. The van der Waals surface area contributed by atoms with Gasteiger partial charge < -0.3 is 10.1 Å². The van der Waals surface area contributed by atoms with Crippen molar-refractivity contribution < 1.29 is 19.1 Å². The fourth-order valence-electron chi connectivity index (χ4n) is 2.19. The number of benzene rings is 1. The van der Waals surface area contributed by atoms with Crippen LogP contribution in [0.25, 0.3) is 0 Å². The van der Waals surface area contributed by atoms with Crippen molar-refractivity contribution in [3.63, 3.8) is 0 Å². The molecule has 9 heteroatoms. The number of carbonyl (C=O) groups is 3. The molecule has 0 aliphatic heterocycles. The maximum absolute atomic E-state index is 11.9. The molecule has 0 fully saturated rings. The van der Waals surface area contributed by atoms with E-state index in [0.29, 0.717) is 28.0 Å². The molecular weight excluding hydrogens is 390 g/mol. The quantitative estimate of drug-likeness (QED) is 0.677. The standard InChI is InChI=1S/C18H20ClN3O4S/c1-3-22(12(2)23)18-21-15(11-27-18)10-26-16(24)8-9-20-17(25)13-4-6-14(19)7-5-13/h4-7,11H,3,8-10H2,1-2H3,(H,20,25). The fourth-order valence-corrected chi connectivity index (χ4v) is 3.23. The number of amides is 2. The van der Waals surface area contributed by atoms with E-state index in [1.54, 1.807) is 34.5 Å². The summed E-state index contributed by atoms with van der Waals surface area (Å²) in [6.45, 7) is 4.05. The third kappa shape index (κ3) is 6.33. The Morgan fingerprint density at radius 3 is 2.59 bits per heavy atom. The third-order valence-corrected chi connectivity index (χ3v) is 4.73. The summed E-state index contributed by atoms with van der Waals surface area (Å²) in [7, 11) is 0. The van der Waals surface area contributed by atoms with Crippen molar-refractivity contribution >= 4 is 45.9 Å². The van der Waals surface area contributed by atoms with Gasteiger partial charge in [-0.25, -0.2) is 4.98 Å². The number of anilines is 1. The number of halogens is 1. The lowest BCUT2D eigenvalue weighted by Gasteiger charge is -2.14. The van der Waals surface area contributed by atoms with Crippen LogP contribution in [0.2, 0.25) is 5.02 Å². The van der Waals surface area contributed by atoms with Crippen LogP contribution in [-0.2, 0) is 20.9 Å². The van der Waals surface area contributed by atoms with Crippen LogP contribution in [-0.4, -0.2) is 35.9 Å². The molecule has 2 amide bonds. The highest BCUT2D eigenvalue weighted by Crippen LogP contribution is 2.21. The minimum atomic E-state index is -0.445. The fraction of sp³-hybridized carbons (Fsp3) is 0.333. The van der Waals surface area contributed by atoms with Crippen molar-refractivity contribution in [2.75, 3.05) is 18.0 Å². The zero-order valence-electron chi connectivity index (χ0n) is 15.0. The van der Waals surface area contributed by atoms with Gasteiger partial charge in [0.25, 0.3) is 5.91 Å². The first-order valence-electron chi connectivity index (χ1n) is 8.32. The van der Waals surface area contributed by atoms with E-state index < -0.39 is 5.97 Å². The monoisotopic (exact) mass is 409 g/mol. The van der Waals surface area contributed by atoms with Gasteiger partial charge in [-0.1, -0.05) is 11.6 Å². The molecule has 0 radical (unpaired) electrons.